The minimum atomic E-state index is -0.375. The third kappa shape index (κ3) is 3.93. The number of nitrogens with zero attached hydrogens (tertiary/aromatic N) is 1. The van der Waals surface area contributed by atoms with E-state index in [0.717, 1.165) is 27.9 Å². The number of ether oxygens (including phenoxy) is 1. The van der Waals surface area contributed by atoms with Gasteiger partial charge in [-0.05, 0) is 56.2 Å². The monoisotopic (exact) mass is 383 g/mol. The average Bonchev–Trinajstić information content (AvgIpc) is 2.97. The number of aryl methyl sites for hydroxylation is 2. The number of thiophene rings is 1. The molecule has 3 rings (SSSR count). The molecule has 3 aromatic rings. The number of benzene rings is 1. The van der Waals surface area contributed by atoms with E-state index >= 15 is 0 Å². The number of esters is 1. The van der Waals surface area contributed by atoms with Gasteiger partial charge in [-0.3, -0.25) is 4.79 Å². The average molecular weight is 383 g/mol. The van der Waals surface area contributed by atoms with Crippen LogP contribution in [0.25, 0.3) is 10.2 Å². The summed E-state index contributed by atoms with van der Waals surface area (Å²) < 4.78 is 5.09. The first-order valence-electron chi connectivity index (χ1n) is 8.65. The van der Waals surface area contributed by atoms with Crippen LogP contribution in [-0.2, 0) is 4.74 Å². The van der Waals surface area contributed by atoms with Gasteiger partial charge in [0.1, 0.15) is 9.71 Å². The minimum Gasteiger partial charge on any atom is -0.462 e. The number of nitrogens with one attached hydrogen (secondary N) is 1. The summed E-state index contributed by atoms with van der Waals surface area (Å²) in [7, 11) is 0. The molecular weight excluding hydrogens is 362 g/mol. The molecule has 0 saturated heterocycles. The normalized spacial score (nSPS) is 10.8. The van der Waals surface area contributed by atoms with Gasteiger partial charge in [-0.15, -0.1) is 11.3 Å². The van der Waals surface area contributed by atoms with E-state index in [2.05, 4.69) is 10.3 Å². The minimum absolute atomic E-state index is 0.297. The lowest BCUT2D eigenvalue weighted by Crippen LogP contribution is -2.12. The van der Waals surface area contributed by atoms with Gasteiger partial charge in [0, 0.05) is 16.8 Å². The summed E-state index contributed by atoms with van der Waals surface area (Å²) in [6, 6.07) is 8.52. The number of amides is 1. The highest BCUT2D eigenvalue weighted by molar-refractivity contribution is 7.21. The molecule has 0 atom stereocenters. The van der Waals surface area contributed by atoms with Crippen LogP contribution >= 0.6 is 11.3 Å². The molecule has 7 heteroatoms. The van der Waals surface area contributed by atoms with Crippen LogP contribution < -0.4 is 11.1 Å². The second-order valence-corrected chi connectivity index (χ2v) is 7.27. The number of nitrogen functional groups attached to an aromatic ring is 1. The summed E-state index contributed by atoms with van der Waals surface area (Å²) in [6.45, 7) is 6.19. The maximum atomic E-state index is 12.7. The lowest BCUT2D eigenvalue weighted by atomic mass is 10.1. The number of aromatic nitrogens is 1. The molecule has 1 aromatic carbocycles. The van der Waals surface area contributed by atoms with Crippen molar-refractivity contribution < 1.29 is 14.3 Å². The quantitative estimate of drug-likeness (QED) is 0.640. The van der Waals surface area contributed by atoms with E-state index in [1.807, 2.05) is 26.8 Å². The highest BCUT2D eigenvalue weighted by Gasteiger charge is 2.19. The Balaban J connectivity index is 1.79. The molecule has 0 bridgehead atoms. The Bertz CT molecular complexity index is 1010. The van der Waals surface area contributed by atoms with Crippen LogP contribution in [0.3, 0.4) is 0 Å². The summed E-state index contributed by atoms with van der Waals surface area (Å²) in [6.07, 6.45) is 0.768. The molecule has 1 amide bonds. The molecular formula is C20H21N3O3S. The van der Waals surface area contributed by atoms with Crippen molar-refractivity contribution in [2.75, 3.05) is 17.7 Å². The number of pyridine rings is 1. The molecule has 0 aliphatic rings. The largest absolute Gasteiger partial charge is 0.462 e. The first-order valence-corrected chi connectivity index (χ1v) is 9.47. The van der Waals surface area contributed by atoms with Crippen molar-refractivity contribution in [3.8, 4) is 0 Å². The number of nitrogens with two attached hydrogens (primary N) is 1. The Hall–Kier alpha value is -2.93. The molecule has 0 spiro atoms. The Kier molecular flexibility index (Phi) is 5.41. The van der Waals surface area contributed by atoms with E-state index < -0.39 is 0 Å². The molecule has 6 nitrogen and oxygen atoms in total. The van der Waals surface area contributed by atoms with Crippen LogP contribution in [0.4, 0.5) is 11.4 Å². The Morgan fingerprint density at radius 2 is 1.93 bits per heavy atom. The van der Waals surface area contributed by atoms with Gasteiger partial charge >= 0.3 is 5.97 Å². The van der Waals surface area contributed by atoms with Crippen molar-refractivity contribution in [3.05, 3.63) is 52.0 Å². The molecule has 140 valence electrons. The molecule has 2 heterocycles. The third-order valence-electron chi connectivity index (χ3n) is 4.05. The third-order valence-corrected chi connectivity index (χ3v) is 5.14. The van der Waals surface area contributed by atoms with Crippen LogP contribution in [-0.4, -0.2) is 23.5 Å². The lowest BCUT2D eigenvalue weighted by molar-refractivity contribution is 0.0505. The SMILES string of the molecule is CCCOC(=O)c1ccc(NC(=O)c2sc3nc(C)cc(C)c3c2N)cc1. The van der Waals surface area contributed by atoms with Gasteiger partial charge in [0.2, 0.25) is 0 Å². The Morgan fingerprint density at radius 3 is 2.59 bits per heavy atom. The Labute approximate surface area is 161 Å². The van der Waals surface area contributed by atoms with E-state index in [0.29, 0.717) is 28.4 Å². The fourth-order valence-electron chi connectivity index (χ4n) is 2.79. The van der Waals surface area contributed by atoms with E-state index in [-0.39, 0.29) is 11.9 Å². The van der Waals surface area contributed by atoms with Gasteiger partial charge in [0.15, 0.2) is 0 Å². The van der Waals surface area contributed by atoms with Gasteiger partial charge < -0.3 is 15.8 Å². The van der Waals surface area contributed by atoms with Crippen molar-refractivity contribution in [1.29, 1.82) is 0 Å². The van der Waals surface area contributed by atoms with Crippen molar-refractivity contribution in [2.24, 2.45) is 0 Å². The number of hydrogen-bond donors (Lipinski definition) is 2. The van der Waals surface area contributed by atoms with Crippen molar-refractivity contribution in [3.63, 3.8) is 0 Å². The second kappa shape index (κ2) is 7.75. The number of carbonyl (C=O) groups is 2. The first kappa shape index (κ1) is 18.8. The molecule has 0 unspecified atom stereocenters. The van der Waals surface area contributed by atoms with Crippen LogP contribution in [0.1, 0.15) is 44.6 Å². The summed E-state index contributed by atoms with van der Waals surface area (Å²) in [5.41, 5.74) is 9.55. The van der Waals surface area contributed by atoms with Crippen molar-refractivity contribution in [2.45, 2.75) is 27.2 Å². The number of rotatable bonds is 5. The zero-order valence-electron chi connectivity index (χ0n) is 15.5. The van der Waals surface area contributed by atoms with Gasteiger partial charge in [-0.2, -0.15) is 0 Å². The van der Waals surface area contributed by atoms with Crippen molar-refractivity contribution in [1.82, 2.24) is 4.98 Å². The maximum absolute atomic E-state index is 12.7. The smallest absolute Gasteiger partial charge is 0.338 e. The lowest BCUT2D eigenvalue weighted by Gasteiger charge is -2.06. The molecule has 0 aliphatic carbocycles. The van der Waals surface area contributed by atoms with Gasteiger partial charge in [-0.25, -0.2) is 9.78 Å². The second-order valence-electron chi connectivity index (χ2n) is 6.27. The molecule has 0 saturated carbocycles. The zero-order valence-corrected chi connectivity index (χ0v) is 16.3. The van der Waals surface area contributed by atoms with Gasteiger partial charge in [-0.1, -0.05) is 6.92 Å². The number of anilines is 2. The molecule has 3 N–H and O–H groups in total. The van der Waals surface area contributed by atoms with E-state index in [4.69, 9.17) is 10.5 Å². The molecule has 27 heavy (non-hydrogen) atoms. The van der Waals surface area contributed by atoms with E-state index in [1.54, 1.807) is 24.3 Å². The summed E-state index contributed by atoms with van der Waals surface area (Å²) in [5.74, 6) is -0.672. The van der Waals surface area contributed by atoms with E-state index in [1.165, 1.54) is 11.3 Å². The number of carbonyl (C=O) groups excluding carboxylic acids is 2. The first-order chi connectivity index (χ1) is 12.9. The van der Waals surface area contributed by atoms with Crippen molar-refractivity contribution >= 4 is 44.8 Å². The van der Waals surface area contributed by atoms with Crippen LogP contribution in [0, 0.1) is 13.8 Å². The predicted octanol–water partition coefficient (Wildman–Crippen LogP) is 4.31. The van der Waals surface area contributed by atoms with Crippen LogP contribution in [0.2, 0.25) is 0 Å². The number of fused-ring (bicyclic) bond motifs is 1. The highest BCUT2D eigenvalue weighted by Crippen LogP contribution is 2.35. The van der Waals surface area contributed by atoms with Crippen LogP contribution in [0.5, 0.6) is 0 Å². The predicted molar refractivity (Wildman–Crippen MR) is 108 cm³/mol. The fourth-order valence-corrected chi connectivity index (χ4v) is 3.91. The zero-order chi connectivity index (χ0) is 19.6. The van der Waals surface area contributed by atoms with E-state index in [9.17, 15) is 9.59 Å². The molecule has 2 aromatic heterocycles. The summed E-state index contributed by atoms with van der Waals surface area (Å²) in [5, 5.41) is 3.64. The Morgan fingerprint density at radius 1 is 1.22 bits per heavy atom. The maximum Gasteiger partial charge on any atom is 0.338 e. The highest BCUT2D eigenvalue weighted by atomic mass is 32.1. The molecule has 0 aliphatic heterocycles. The number of hydrogen-bond acceptors (Lipinski definition) is 6. The topological polar surface area (TPSA) is 94.3 Å². The standard InChI is InChI=1S/C20H21N3O3S/c1-4-9-26-20(25)13-5-7-14(8-6-13)23-18(24)17-16(21)15-11(2)10-12(3)22-19(15)27-17/h5-8,10H,4,9,21H2,1-3H3,(H,23,24). The fraction of sp³-hybridized carbons (Fsp3) is 0.250. The van der Waals surface area contributed by atoms with Gasteiger partial charge in [0.05, 0.1) is 17.9 Å². The summed E-state index contributed by atoms with van der Waals surface area (Å²) in [4.78, 5) is 30.1. The van der Waals surface area contributed by atoms with Crippen LogP contribution in [0.15, 0.2) is 30.3 Å². The summed E-state index contributed by atoms with van der Waals surface area (Å²) >= 11 is 1.27. The van der Waals surface area contributed by atoms with Gasteiger partial charge in [0.25, 0.3) is 5.91 Å². The molecule has 0 radical (unpaired) electrons. The molecule has 0 fully saturated rings.